The summed E-state index contributed by atoms with van der Waals surface area (Å²) in [6.45, 7) is 1.83. The average Bonchev–Trinajstić information content (AvgIpc) is 3.05. The fraction of sp³-hybridized carbons (Fsp3) is 0.167. The molecule has 20 heavy (non-hydrogen) atoms. The minimum Gasteiger partial charge on any atom is -0.375 e. The maximum Gasteiger partial charge on any atom is 0.251 e. The van der Waals surface area contributed by atoms with Crippen molar-refractivity contribution in [3.8, 4) is 0 Å². The fourth-order valence-corrected chi connectivity index (χ4v) is 2.63. The molecule has 0 radical (unpaired) electrons. The van der Waals surface area contributed by atoms with Gasteiger partial charge in [0.25, 0.3) is 5.91 Å². The molecule has 0 saturated heterocycles. The number of hydrogen-bond donors (Lipinski definition) is 3. The van der Waals surface area contributed by atoms with Gasteiger partial charge >= 0.3 is 0 Å². The average molecular weight is 288 g/mol. The van der Waals surface area contributed by atoms with Gasteiger partial charge in [-0.15, -0.1) is 0 Å². The smallest absolute Gasteiger partial charge is 0.251 e. The zero-order valence-corrected chi connectivity index (χ0v) is 11.4. The Hall–Kier alpha value is -2.48. The second-order valence-electron chi connectivity index (χ2n) is 4.30. The van der Waals surface area contributed by atoms with E-state index in [1.165, 1.54) is 17.7 Å². The Labute approximate surface area is 118 Å². The molecule has 0 aliphatic heterocycles. The van der Waals surface area contributed by atoms with Gasteiger partial charge in [0.05, 0.1) is 16.3 Å². The molecule has 0 aliphatic carbocycles. The number of nitrogens with one attached hydrogen (secondary N) is 2. The maximum atomic E-state index is 12.2. The number of carbonyl (C=O) groups excluding carboxylic acids is 1. The fourth-order valence-electron chi connectivity index (χ4n) is 1.86. The van der Waals surface area contributed by atoms with Crippen LogP contribution in [-0.4, -0.2) is 26.1 Å². The topological polar surface area (TPSA) is 110 Å². The Balaban J connectivity index is 1.81. The number of nitrogen functional groups attached to an aromatic ring is 1. The normalized spacial score (nSPS) is 12.4. The van der Waals surface area contributed by atoms with Gasteiger partial charge in [-0.05, 0) is 25.1 Å². The van der Waals surface area contributed by atoms with Gasteiger partial charge in [-0.1, -0.05) is 11.3 Å². The first-order valence-corrected chi connectivity index (χ1v) is 6.77. The van der Waals surface area contributed by atoms with Crippen LogP contribution < -0.4 is 11.1 Å². The number of thiazole rings is 1. The molecule has 1 aromatic carbocycles. The highest BCUT2D eigenvalue weighted by atomic mass is 32.1. The van der Waals surface area contributed by atoms with Crippen LogP contribution in [0.4, 0.5) is 5.13 Å². The maximum absolute atomic E-state index is 12.2. The molecule has 2 heterocycles. The molecule has 8 heteroatoms. The number of anilines is 1. The van der Waals surface area contributed by atoms with Crippen LogP contribution in [0.3, 0.4) is 0 Å². The molecule has 0 fully saturated rings. The summed E-state index contributed by atoms with van der Waals surface area (Å²) in [6.07, 6.45) is 1.41. The third kappa shape index (κ3) is 2.32. The van der Waals surface area contributed by atoms with Crippen molar-refractivity contribution < 1.29 is 4.79 Å². The highest BCUT2D eigenvalue weighted by Gasteiger charge is 2.14. The van der Waals surface area contributed by atoms with Gasteiger partial charge in [-0.3, -0.25) is 9.89 Å². The van der Waals surface area contributed by atoms with Crippen LogP contribution in [0, 0.1) is 0 Å². The number of hydrogen-bond acceptors (Lipinski definition) is 6. The van der Waals surface area contributed by atoms with Crippen LogP contribution in [0.2, 0.25) is 0 Å². The largest absolute Gasteiger partial charge is 0.375 e. The summed E-state index contributed by atoms with van der Waals surface area (Å²) in [4.78, 5) is 20.3. The van der Waals surface area contributed by atoms with E-state index >= 15 is 0 Å². The van der Waals surface area contributed by atoms with Crippen molar-refractivity contribution in [3.63, 3.8) is 0 Å². The Morgan fingerprint density at radius 2 is 2.35 bits per heavy atom. The van der Waals surface area contributed by atoms with E-state index in [0.29, 0.717) is 16.5 Å². The molecular weight excluding hydrogens is 276 g/mol. The number of benzene rings is 1. The van der Waals surface area contributed by atoms with Crippen molar-refractivity contribution in [1.29, 1.82) is 0 Å². The summed E-state index contributed by atoms with van der Waals surface area (Å²) in [5.41, 5.74) is 7.01. The molecule has 0 bridgehead atoms. The van der Waals surface area contributed by atoms with Crippen molar-refractivity contribution in [2.75, 3.05) is 5.73 Å². The minimum absolute atomic E-state index is 0.178. The van der Waals surface area contributed by atoms with Gasteiger partial charge in [-0.25, -0.2) is 9.97 Å². The summed E-state index contributed by atoms with van der Waals surface area (Å²) in [5, 5.41) is 9.83. The predicted octanol–water partition coefficient (Wildman–Crippen LogP) is 1.49. The molecule has 0 saturated carbocycles. The monoisotopic (exact) mass is 288 g/mol. The lowest BCUT2D eigenvalue weighted by Gasteiger charge is -2.10. The lowest BCUT2D eigenvalue weighted by Crippen LogP contribution is -2.27. The van der Waals surface area contributed by atoms with E-state index in [0.717, 1.165) is 10.2 Å². The first-order chi connectivity index (χ1) is 9.63. The SMILES string of the molecule is CC(NC(=O)c1ccc2nc(N)sc2c1)c1ncn[nH]1. The van der Waals surface area contributed by atoms with Crippen LogP contribution >= 0.6 is 11.3 Å². The molecule has 2 aromatic heterocycles. The number of fused-ring (bicyclic) bond motifs is 1. The summed E-state index contributed by atoms with van der Waals surface area (Å²) in [7, 11) is 0. The number of aromatic nitrogens is 4. The number of carbonyl (C=O) groups is 1. The van der Waals surface area contributed by atoms with E-state index in [4.69, 9.17) is 5.73 Å². The second-order valence-corrected chi connectivity index (χ2v) is 5.36. The van der Waals surface area contributed by atoms with Gasteiger partial charge < -0.3 is 11.1 Å². The summed E-state index contributed by atoms with van der Waals surface area (Å²) >= 11 is 1.36. The molecule has 0 spiro atoms. The quantitative estimate of drug-likeness (QED) is 0.676. The number of nitrogens with zero attached hydrogens (tertiary/aromatic N) is 3. The number of rotatable bonds is 3. The van der Waals surface area contributed by atoms with Crippen LogP contribution in [0.25, 0.3) is 10.2 Å². The number of nitrogens with two attached hydrogens (primary N) is 1. The number of H-pyrrole nitrogens is 1. The Bertz CT molecular complexity index is 750. The van der Waals surface area contributed by atoms with Crippen molar-refractivity contribution in [3.05, 3.63) is 35.9 Å². The van der Waals surface area contributed by atoms with E-state index in [1.54, 1.807) is 18.2 Å². The predicted molar refractivity (Wildman–Crippen MR) is 76.3 cm³/mol. The van der Waals surface area contributed by atoms with Crippen LogP contribution in [0.1, 0.15) is 29.1 Å². The van der Waals surface area contributed by atoms with E-state index in [9.17, 15) is 4.79 Å². The molecule has 1 unspecified atom stereocenters. The molecule has 3 rings (SSSR count). The lowest BCUT2D eigenvalue weighted by molar-refractivity contribution is 0.0938. The zero-order valence-electron chi connectivity index (χ0n) is 10.6. The first-order valence-electron chi connectivity index (χ1n) is 5.95. The molecular formula is C12H12N6OS. The molecule has 0 aliphatic rings. The van der Waals surface area contributed by atoms with Crippen molar-refractivity contribution in [1.82, 2.24) is 25.5 Å². The molecule has 4 N–H and O–H groups in total. The lowest BCUT2D eigenvalue weighted by atomic mass is 10.2. The van der Waals surface area contributed by atoms with E-state index in [2.05, 4.69) is 25.5 Å². The minimum atomic E-state index is -0.243. The standard InChI is InChI=1S/C12H12N6OS/c1-6(10-14-5-15-18-10)16-11(19)7-2-3-8-9(4-7)20-12(13)17-8/h2-6H,1H3,(H2,13,17)(H,16,19)(H,14,15,18). The molecule has 3 aromatic rings. The Morgan fingerprint density at radius 3 is 3.10 bits per heavy atom. The summed E-state index contributed by atoms with van der Waals surface area (Å²) in [6, 6.07) is 5.05. The third-order valence-corrected chi connectivity index (χ3v) is 3.71. The van der Waals surface area contributed by atoms with E-state index in [1.807, 2.05) is 6.92 Å². The number of aromatic amines is 1. The summed E-state index contributed by atoms with van der Waals surface area (Å²) < 4.78 is 0.891. The number of amides is 1. The van der Waals surface area contributed by atoms with Gasteiger partial charge in [0.2, 0.25) is 0 Å². The highest BCUT2D eigenvalue weighted by Crippen LogP contribution is 2.24. The first kappa shape index (κ1) is 12.5. The Kier molecular flexibility index (Phi) is 3.07. The van der Waals surface area contributed by atoms with E-state index in [-0.39, 0.29) is 11.9 Å². The van der Waals surface area contributed by atoms with Crippen molar-refractivity contribution >= 4 is 32.6 Å². The zero-order chi connectivity index (χ0) is 14.1. The Morgan fingerprint density at radius 1 is 1.50 bits per heavy atom. The van der Waals surface area contributed by atoms with Gasteiger partial charge in [0.1, 0.15) is 12.2 Å². The van der Waals surface area contributed by atoms with Crippen LogP contribution in [0.5, 0.6) is 0 Å². The van der Waals surface area contributed by atoms with Gasteiger partial charge in [-0.2, -0.15) is 5.10 Å². The van der Waals surface area contributed by atoms with Crippen LogP contribution in [-0.2, 0) is 0 Å². The second kappa shape index (κ2) is 4.89. The van der Waals surface area contributed by atoms with Crippen LogP contribution in [0.15, 0.2) is 24.5 Å². The van der Waals surface area contributed by atoms with Gasteiger partial charge in [0, 0.05) is 5.56 Å². The highest BCUT2D eigenvalue weighted by molar-refractivity contribution is 7.22. The van der Waals surface area contributed by atoms with Gasteiger partial charge in [0.15, 0.2) is 5.13 Å². The molecule has 7 nitrogen and oxygen atoms in total. The molecule has 1 amide bonds. The van der Waals surface area contributed by atoms with E-state index < -0.39 is 0 Å². The third-order valence-electron chi connectivity index (χ3n) is 2.86. The van der Waals surface area contributed by atoms with Crippen molar-refractivity contribution in [2.24, 2.45) is 0 Å². The molecule has 1 atom stereocenters. The molecule has 102 valence electrons. The van der Waals surface area contributed by atoms with Crippen molar-refractivity contribution in [2.45, 2.75) is 13.0 Å². The summed E-state index contributed by atoms with van der Waals surface area (Å²) in [5.74, 6) is 0.434.